The van der Waals surface area contributed by atoms with Gasteiger partial charge in [-0.05, 0) is 44.0 Å². The molecule has 7 heteroatoms. The molecule has 2 rings (SSSR count). The third-order valence-electron chi connectivity index (χ3n) is 4.46. The minimum absolute atomic E-state index is 0.0226. The Hall–Kier alpha value is -2.41. The number of anilines is 1. The van der Waals surface area contributed by atoms with Crippen molar-refractivity contribution < 1.29 is 14.3 Å². The molecule has 25 heavy (non-hydrogen) atoms. The van der Waals surface area contributed by atoms with Crippen molar-refractivity contribution in [3.63, 3.8) is 0 Å². The number of nitrogens with two attached hydrogens (primary N) is 2. The molecular formula is C18H28N4O3. The first-order chi connectivity index (χ1) is 12.0. The van der Waals surface area contributed by atoms with Crippen LogP contribution in [-0.2, 0) is 14.3 Å². The van der Waals surface area contributed by atoms with Crippen LogP contribution < -0.4 is 21.9 Å². The first-order valence-corrected chi connectivity index (χ1v) is 8.58. The van der Waals surface area contributed by atoms with Crippen molar-refractivity contribution in [3.05, 3.63) is 40.9 Å². The van der Waals surface area contributed by atoms with E-state index in [9.17, 15) is 4.79 Å². The number of hydrogen-bond donors (Lipinski definition) is 3. The zero-order valence-electron chi connectivity index (χ0n) is 15.2. The van der Waals surface area contributed by atoms with Gasteiger partial charge in [-0.2, -0.15) is 0 Å². The Labute approximate surface area is 148 Å². The zero-order valence-corrected chi connectivity index (χ0v) is 15.2. The lowest BCUT2D eigenvalue weighted by atomic mass is 10.0. The third kappa shape index (κ3) is 4.79. The maximum atomic E-state index is 11.8. The molecule has 0 atom stereocenters. The van der Waals surface area contributed by atoms with E-state index in [1.165, 1.54) is 16.8 Å². The number of nitrogens with one attached hydrogen (secondary N) is 1. The Morgan fingerprint density at radius 3 is 2.52 bits per heavy atom. The summed E-state index contributed by atoms with van der Waals surface area (Å²) >= 11 is 0. The summed E-state index contributed by atoms with van der Waals surface area (Å²) in [6.07, 6.45) is 1.57. The smallest absolute Gasteiger partial charge is 0.361 e. The monoisotopic (exact) mass is 348 g/mol. The van der Waals surface area contributed by atoms with E-state index in [0.29, 0.717) is 0 Å². The quantitative estimate of drug-likeness (QED) is 0.235. The standard InChI is InChI=1S/C18H28N4O3/c1-4-24-18(23)16(21-20)17(19)25-15-7-9-22(10-8-15)14-6-5-12(2)13(3)11-14/h5-6,11,15,21H,4,7-10,19-20H2,1-3H3/b17-16+. The van der Waals surface area contributed by atoms with Gasteiger partial charge in [0.25, 0.3) is 0 Å². The predicted molar refractivity (Wildman–Crippen MR) is 97.4 cm³/mol. The van der Waals surface area contributed by atoms with Crippen molar-refractivity contribution in [2.75, 3.05) is 24.6 Å². The number of hydrogen-bond acceptors (Lipinski definition) is 7. The van der Waals surface area contributed by atoms with Gasteiger partial charge in [-0.25, -0.2) is 4.79 Å². The fourth-order valence-electron chi connectivity index (χ4n) is 2.83. The summed E-state index contributed by atoms with van der Waals surface area (Å²) in [5.41, 5.74) is 11.9. The van der Waals surface area contributed by atoms with E-state index in [1.54, 1.807) is 6.92 Å². The molecule has 1 saturated heterocycles. The lowest BCUT2D eigenvalue weighted by molar-refractivity contribution is -0.139. The number of aryl methyl sites for hydroxylation is 2. The molecule has 0 amide bonds. The highest BCUT2D eigenvalue weighted by molar-refractivity contribution is 5.88. The number of carbonyl (C=O) groups excluding carboxylic acids is 1. The largest absolute Gasteiger partial charge is 0.474 e. The van der Waals surface area contributed by atoms with E-state index in [4.69, 9.17) is 21.1 Å². The molecule has 1 aromatic carbocycles. The van der Waals surface area contributed by atoms with E-state index < -0.39 is 5.97 Å². The summed E-state index contributed by atoms with van der Waals surface area (Å²) < 4.78 is 10.6. The summed E-state index contributed by atoms with van der Waals surface area (Å²) in [5, 5.41) is 0. The summed E-state index contributed by atoms with van der Waals surface area (Å²) in [5.74, 6) is 4.72. The van der Waals surface area contributed by atoms with Crippen molar-refractivity contribution in [2.45, 2.75) is 39.7 Å². The van der Waals surface area contributed by atoms with Crippen molar-refractivity contribution in [3.8, 4) is 0 Å². The van der Waals surface area contributed by atoms with Gasteiger partial charge in [-0.3, -0.25) is 5.84 Å². The number of ether oxygens (including phenoxy) is 2. The summed E-state index contributed by atoms with van der Waals surface area (Å²) in [4.78, 5) is 14.1. The predicted octanol–water partition coefficient (Wildman–Crippen LogP) is 1.44. The fourth-order valence-corrected chi connectivity index (χ4v) is 2.83. The van der Waals surface area contributed by atoms with Crippen molar-refractivity contribution in [1.82, 2.24) is 5.43 Å². The second-order valence-electron chi connectivity index (χ2n) is 6.18. The molecule has 1 aliphatic heterocycles. The minimum atomic E-state index is -0.616. The molecule has 0 spiro atoms. The minimum Gasteiger partial charge on any atom is -0.474 e. The van der Waals surface area contributed by atoms with Crippen LogP contribution in [0.25, 0.3) is 0 Å². The molecule has 0 bridgehead atoms. The number of nitrogens with zero attached hydrogens (tertiary/aromatic N) is 1. The summed E-state index contributed by atoms with van der Waals surface area (Å²) in [6.45, 7) is 7.92. The topological polar surface area (TPSA) is 103 Å². The molecule has 0 saturated carbocycles. The van der Waals surface area contributed by atoms with E-state index in [1.807, 2.05) is 0 Å². The summed E-state index contributed by atoms with van der Waals surface area (Å²) in [6, 6.07) is 6.50. The number of esters is 1. The molecule has 1 fully saturated rings. The number of rotatable bonds is 6. The second kappa shape index (κ2) is 8.62. The van der Waals surface area contributed by atoms with Gasteiger partial charge in [0.15, 0.2) is 5.70 Å². The van der Waals surface area contributed by atoms with Crippen molar-refractivity contribution in [2.24, 2.45) is 11.6 Å². The van der Waals surface area contributed by atoms with Crippen LogP contribution in [0.5, 0.6) is 0 Å². The Bertz CT molecular complexity index is 637. The fraction of sp³-hybridized carbons (Fsp3) is 0.500. The van der Waals surface area contributed by atoms with E-state index in [0.717, 1.165) is 25.9 Å². The zero-order chi connectivity index (χ0) is 18.4. The van der Waals surface area contributed by atoms with Gasteiger partial charge >= 0.3 is 5.97 Å². The van der Waals surface area contributed by atoms with Crippen LogP contribution in [0.15, 0.2) is 29.8 Å². The highest BCUT2D eigenvalue weighted by Crippen LogP contribution is 2.24. The summed E-state index contributed by atoms with van der Waals surface area (Å²) in [7, 11) is 0. The molecule has 5 N–H and O–H groups in total. The maximum absolute atomic E-state index is 11.8. The van der Waals surface area contributed by atoms with Crippen molar-refractivity contribution >= 4 is 11.7 Å². The molecule has 0 unspecified atom stereocenters. The number of benzene rings is 1. The molecule has 0 aliphatic carbocycles. The third-order valence-corrected chi connectivity index (χ3v) is 4.46. The molecular weight excluding hydrogens is 320 g/mol. The van der Waals surface area contributed by atoms with Crippen LogP contribution in [0.2, 0.25) is 0 Å². The van der Waals surface area contributed by atoms with Gasteiger partial charge in [-0.15, -0.1) is 0 Å². The van der Waals surface area contributed by atoms with Crippen LogP contribution in [-0.4, -0.2) is 31.8 Å². The Morgan fingerprint density at radius 1 is 1.28 bits per heavy atom. The lowest BCUT2D eigenvalue weighted by Crippen LogP contribution is -2.39. The molecule has 0 radical (unpaired) electrons. The van der Waals surface area contributed by atoms with E-state index >= 15 is 0 Å². The Morgan fingerprint density at radius 2 is 1.96 bits per heavy atom. The average Bonchev–Trinajstić information content (AvgIpc) is 2.59. The lowest BCUT2D eigenvalue weighted by Gasteiger charge is -2.34. The molecule has 138 valence electrons. The molecule has 1 aliphatic rings. The van der Waals surface area contributed by atoms with Crippen LogP contribution in [0, 0.1) is 13.8 Å². The first kappa shape index (κ1) is 18.9. The first-order valence-electron chi connectivity index (χ1n) is 8.58. The van der Waals surface area contributed by atoms with Crippen molar-refractivity contribution in [1.29, 1.82) is 0 Å². The Kier molecular flexibility index (Phi) is 6.52. The van der Waals surface area contributed by atoms with Crippen LogP contribution in [0.3, 0.4) is 0 Å². The average molecular weight is 348 g/mol. The van der Waals surface area contributed by atoms with E-state index in [-0.39, 0.29) is 24.3 Å². The van der Waals surface area contributed by atoms with Gasteiger partial charge in [-0.1, -0.05) is 6.07 Å². The Balaban J connectivity index is 1.95. The SMILES string of the molecule is CCOC(=O)/C(NN)=C(/N)OC1CCN(c2ccc(C)c(C)c2)CC1. The molecule has 0 aromatic heterocycles. The van der Waals surface area contributed by atoms with Crippen LogP contribution in [0.4, 0.5) is 5.69 Å². The number of hydrazine groups is 1. The van der Waals surface area contributed by atoms with Gasteiger partial charge in [0, 0.05) is 31.6 Å². The number of carbonyl (C=O) groups is 1. The molecule has 1 heterocycles. The molecule has 7 nitrogen and oxygen atoms in total. The maximum Gasteiger partial charge on any atom is 0.361 e. The van der Waals surface area contributed by atoms with Gasteiger partial charge in [0.05, 0.1) is 6.61 Å². The van der Waals surface area contributed by atoms with Gasteiger partial charge < -0.3 is 25.5 Å². The highest BCUT2D eigenvalue weighted by Gasteiger charge is 2.23. The highest BCUT2D eigenvalue weighted by atomic mass is 16.5. The normalized spacial score (nSPS) is 16.2. The number of piperidine rings is 1. The molecule has 1 aromatic rings. The van der Waals surface area contributed by atoms with E-state index in [2.05, 4.69) is 42.4 Å². The van der Waals surface area contributed by atoms with Crippen LogP contribution >= 0.6 is 0 Å². The van der Waals surface area contributed by atoms with Gasteiger partial charge in [0.1, 0.15) is 6.10 Å². The van der Waals surface area contributed by atoms with Gasteiger partial charge in [0.2, 0.25) is 5.88 Å². The second-order valence-corrected chi connectivity index (χ2v) is 6.18. The van der Waals surface area contributed by atoms with Crippen LogP contribution in [0.1, 0.15) is 30.9 Å².